The Balaban J connectivity index is 1.87. The third-order valence-electron chi connectivity index (χ3n) is 3.56. The third kappa shape index (κ3) is 3.78. The van der Waals surface area contributed by atoms with E-state index in [1.807, 2.05) is 28.9 Å². The molecule has 2 rings (SSSR count). The first-order valence-corrected chi connectivity index (χ1v) is 6.82. The van der Waals surface area contributed by atoms with E-state index in [0.29, 0.717) is 24.4 Å². The number of amides is 1. The van der Waals surface area contributed by atoms with Crippen LogP contribution >= 0.6 is 0 Å². The number of hydrogen-bond donors (Lipinski definition) is 2. The largest absolute Gasteiger partial charge is 0.315 e. The molecule has 2 N–H and O–H groups in total. The molecule has 0 radical (unpaired) electrons. The Kier molecular flexibility index (Phi) is 4.55. The summed E-state index contributed by atoms with van der Waals surface area (Å²) in [5.74, 6) is 0.611. The van der Waals surface area contributed by atoms with Crippen molar-refractivity contribution in [3.8, 4) is 0 Å². The number of aromatic nitrogens is 2. The van der Waals surface area contributed by atoms with Gasteiger partial charge in [0.1, 0.15) is 0 Å². The SMILES string of the molecule is CC(C)N(C)CC(=O)Nc1ccn([C@H]2CCNC2)n1. The first-order valence-electron chi connectivity index (χ1n) is 6.82. The second-order valence-corrected chi connectivity index (χ2v) is 5.38. The highest BCUT2D eigenvalue weighted by Gasteiger charge is 2.17. The molecule has 106 valence electrons. The zero-order chi connectivity index (χ0) is 13.8. The summed E-state index contributed by atoms with van der Waals surface area (Å²) < 4.78 is 1.93. The summed E-state index contributed by atoms with van der Waals surface area (Å²) in [5.41, 5.74) is 0. The van der Waals surface area contributed by atoms with Crippen LogP contribution in [0.4, 0.5) is 5.82 Å². The summed E-state index contributed by atoms with van der Waals surface area (Å²) in [4.78, 5) is 13.8. The highest BCUT2D eigenvalue weighted by molar-refractivity contribution is 5.91. The molecule has 2 heterocycles. The van der Waals surface area contributed by atoms with Gasteiger partial charge in [-0.1, -0.05) is 0 Å². The van der Waals surface area contributed by atoms with E-state index in [9.17, 15) is 4.79 Å². The lowest BCUT2D eigenvalue weighted by Gasteiger charge is -2.19. The van der Waals surface area contributed by atoms with Crippen molar-refractivity contribution in [3.05, 3.63) is 12.3 Å². The molecule has 0 unspecified atom stereocenters. The molecule has 0 spiro atoms. The fourth-order valence-electron chi connectivity index (χ4n) is 2.06. The highest BCUT2D eigenvalue weighted by atomic mass is 16.2. The van der Waals surface area contributed by atoms with Crippen LogP contribution < -0.4 is 10.6 Å². The monoisotopic (exact) mass is 265 g/mol. The van der Waals surface area contributed by atoms with Gasteiger partial charge in [0.2, 0.25) is 5.91 Å². The molecule has 0 saturated carbocycles. The van der Waals surface area contributed by atoms with E-state index < -0.39 is 0 Å². The smallest absolute Gasteiger partial charge is 0.239 e. The molecule has 0 aliphatic carbocycles. The van der Waals surface area contributed by atoms with Gasteiger partial charge in [0.05, 0.1) is 12.6 Å². The lowest BCUT2D eigenvalue weighted by atomic mass is 10.3. The van der Waals surface area contributed by atoms with Gasteiger partial charge in [-0.05, 0) is 33.9 Å². The van der Waals surface area contributed by atoms with Crippen LogP contribution in [-0.4, -0.2) is 53.3 Å². The van der Waals surface area contributed by atoms with Crippen molar-refractivity contribution in [3.63, 3.8) is 0 Å². The summed E-state index contributed by atoms with van der Waals surface area (Å²) in [6.07, 6.45) is 3.02. The Hall–Kier alpha value is -1.40. The average Bonchev–Trinajstić information content (AvgIpc) is 2.97. The van der Waals surface area contributed by atoms with Crippen LogP contribution in [0.3, 0.4) is 0 Å². The normalized spacial score (nSPS) is 19.3. The molecule has 19 heavy (non-hydrogen) atoms. The zero-order valence-corrected chi connectivity index (χ0v) is 11.9. The van der Waals surface area contributed by atoms with E-state index in [0.717, 1.165) is 19.5 Å². The fraction of sp³-hybridized carbons (Fsp3) is 0.692. The molecule has 0 bridgehead atoms. The topological polar surface area (TPSA) is 62.2 Å². The van der Waals surface area contributed by atoms with E-state index in [4.69, 9.17) is 0 Å². The first kappa shape index (κ1) is 14.0. The minimum atomic E-state index is -0.0222. The molecule has 1 amide bonds. The maximum atomic E-state index is 11.8. The number of nitrogens with zero attached hydrogens (tertiary/aromatic N) is 3. The fourth-order valence-corrected chi connectivity index (χ4v) is 2.06. The molecule has 1 aromatic rings. The van der Waals surface area contributed by atoms with E-state index in [-0.39, 0.29) is 5.91 Å². The van der Waals surface area contributed by atoms with Crippen molar-refractivity contribution < 1.29 is 4.79 Å². The van der Waals surface area contributed by atoms with Crippen molar-refractivity contribution in [1.82, 2.24) is 20.0 Å². The Morgan fingerprint density at radius 3 is 3.11 bits per heavy atom. The number of hydrogen-bond acceptors (Lipinski definition) is 4. The van der Waals surface area contributed by atoms with Crippen molar-refractivity contribution in [2.24, 2.45) is 0 Å². The summed E-state index contributed by atoms with van der Waals surface area (Å²) in [6.45, 7) is 6.50. The maximum absolute atomic E-state index is 11.8. The van der Waals surface area contributed by atoms with Crippen LogP contribution in [0, 0.1) is 0 Å². The van der Waals surface area contributed by atoms with Gasteiger partial charge in [0, 0.05) is 24.8 Å². The quantitative estimate of drug-likeness (QED) is 0.822. The molecule has 1 fully saturated rings. The van der Waals surface area contributed by atoms with Gasteiger partial charge in [-0.3, -0.25) is 14.4 Å². The highest BCUT2D eigenvalue weighted by Crippen LogP contribution is 2.15. The minimum absolute atomic E-state index is 0.0222. The molecular formula is C13H23N5O. The minimum Gasteiger partial charge on any atom is -0.315 e. The summed E-state index contributed by atoms with van der Waals surface area (Å²) in [7, 11) is 1.94. The number of carbonyl (C=O) groups is 1. The van der Waals surface area contributed by atoms with Crippen LogP contribution in [0.25, 0.3) is 0 Å². The molecule has 1 aliphatic rings. The van der Waals surface area contributed by atoms with E-state index in [1.165, 1.54) is 0 Å². The molecule has 0 aromatic carbocycles. The van der Waals surface area contributed by atoms with Crippen molar-refractivity contribution in [2.75, 3.05) is 32.0 Å². The first-order chi connectivity index (χ1) is 9.06. The predicted molar refractivity (Wildman–Crippen MR) is 75.1 cm³/mol. The van der Waals surface area contributed by atoms with Crippen LogP contribution in [0.15, 0.2) is 12.3 Å². The number of nitrogens with one attached hydrogen (secondary N) is 2. The van der Waals surface area contributed by atoms with Crippen LogP contribution in [0.2, 0.25) is 0 Å². The van der Waals surface area contributed by atoms with Gasteiger partial charge >= 0.3 is 0 Å². The Morgan fingerprint density at radius 2 is 2.47 bits per heavy atom. The van der Waals surface area contributed by atoms with Gasteiger partial charge in [-0.2, -0.15) is 5.10 Å². The van der Waals surface area contributed by atoms with E-state index in [2.05, 4.69) is 29.6 Å². The van der Waals surface area contributed by atoms with Crippen LogP contribution in [0.1, 0.15) is 26.3 Å². The zero-order valence-electron chi connectivity index (χ0n) is 11.9. The third-order valence-corrected chi connectivity index (χ3v) is 3.56. The summed E-state index contributed by atoms with van der Waals surface area (Å²) in [6, 6.07) is 2.61. The Labute approximate surface area is 114 Å². The molecule has 6 nitrogen and oxygen atoms in total. The van der Waals surface area contributed by atoms with Gasteiger partial charge in [0.15, 0.2) is 5.82 Å². The summed E-state index contributed by atoms with van der Waals surface area (Å²) >= 11 is 0. The van der Waals surface area contributed by atoms with Gasteiger partial charge in [-0.15, -0.1) is 0 Å². The van der Waals surface area contributed by atoms with E-state index in [1.54, 1.807) is 0 Å². The molecule has 1 saturated heterocycles. The second kappa shape index (κ2) is 6.16. The Morgan fingerprint density at radius 1 is 1.68 bits per heavy atom. The maximum Gasteiger partial charge on any atom is 0.239 e. The van der Waals surface area contributed by atoms with Crippen LogP contribution in [-0.2, 0) is 4.79 Å². The van der Waals surface area contributed by atoms with Crippen LogP contribution in [0.5, 0.6) is 0 Å². The molecule has 1 aliphatic heterocycles. The number of likely N-dealkylation sites (N-methyl/N-ethyl adjacent to an activating group) is 1. The van der Waals surface area contributed by atoms with Crippen molar-refractivity contribution >= 4 is 11.7 Å². The standard InChI is InChI=1S/C13H23N5O/c1-10(2)17(3)9-13(19)15-12-5-7-18(16-12)11-4-6-14-8-11/h5,7,10-11,14H,4,6,8-9H2,1-3H3,(H,15,16,19)/t11-/m0/s1. The second-order valence-electron chi connectivity index (χ2n) is 5.38. The molecule has 1 atom stereocenters. The average molecular weight is 265 g/mol. The lowest BCUT2D eigenvalue weighted by molar-refractivity contribution is -0.117. The number of anilines is 1. The van der Waals surface area contributed by atoms with Crippen molar-refractivity contribution in [2.45, 2.75) is 32.4 Å². The molecular weight excluding hydrogens is 242 g/mol. The van der Waals surface area contributed by atoms with Gasteiger partial charge in [0.25, 0.3) is 0 Å². The van der Waals surface area contributed by atoms with Gasteiger partial charge < -0.3 is 10.6 Å². The Bertz CT molecular complexity index is 422. The molecule has 6 heteroatoms. The van der Waals surface area contributed by atoms with Gasteiger partial charge in [-0.25, -0.2) is 0 Å². The van der Waals surface area contributed by atoms with Crippen molar-refractivity contribution in [1.29, 1.82) is 0 Å². The van der Waals surface area contributed by atoms with E-state index >= 15 is 0 Å². The number of rotatable bonds is 5. The summed E-state index contributed by atoms with van der Waals surface area (Å²) in [5, 5.41) is 10.6. The lowest BCUT2D eigenvalue weighted by Crippen LogP contribution is -2.34. The number of carbonyl (C=O) groups excluding carboxylic acids is 1. The predicted octanol–water partition coefficient (Wildman–Crippen LogP) is 0.696. The molecule has 1 aromatic heterocycles.